The zero-order valence-corrected chi connectivity index (χ0v) is 13.0. The molecule has 1 aromatic heterocycles. The Morgan fingerprint density at radius 1 is 1.35 bits per heavy atom. The number of H-pyrrole nitrogens is 1. The van der Waals surface area contributed by atoms with Crippen LogP contribution >= 0.6 is 0 Å². The molecule has 0 unspecified atom stereocenters. The Balaban J connectivity index is 2.02. The molecule has 0 saturated carbocycles. The summed E-state index contributed by atoms with van der Waals surface area (Å²) in [5.41, 5.74) is 2.65. The molecule has 0 spiro atoms. The lowest BCUT2D eigenvalue weighted by Gasteiger charge is -2.07. The van der Waals surface area contributed by atoms with Gasteiger partial charge in [0.2, 0.25) is 5.91 Å². The summed E-state index contributed by atoms with van der Waals surface area (Å²) < 4.78 is 4.94. The third kappa shape index (κ3) is 5.00. The van der Waals surface area contributed by atoms with E-state index in [4.69, 9.17) is 9.84 Å². The second-order valence-electron chi connectivity index (χ2n) is 5.15. The minimum absolute atomic E-state index is 0.0136. The van der Waals surface area contributed by atoms with Gasteiger partial charge in [-0.3, -0.25) is 10.1 Å². The van der Waals surface area contributed by atoms with E-state index in [2.05, 4.69) is 15.6 Å². The first kappa shape index (κ1) is 16.8. The highest BCUT2D eigenvalue weighted by atomic mass is 16.5. The van der Waals surface area contributed by atoms with Crippen LogP contribution in [0.4, 0.5) is 10.5 Å². The predicted octanol–water partition coefficient (Wildman–Crippen LogP) is 1.78. The molecular formula is C16H21N3O4. The highest BCUT2D eigenvalue weighted by molar-refractivity contribution is 5.91. The van der Waals surface area contributed by atoms with Crippen LogP contribution < -0.4 is 10.6 Å². The van der Waals surface area contributed by atoms with Crippen molar-refractivity contribution in [1.29, 1.82) is 0 Å². The zero-order valence-electron chi connectivity index (χ0n) is 13.0. The summed E-state index contributed by atoms with van der Waals surface area (Å²) >= 11 is 0. The Bertz CT molecular complexity index is 681. The number of nitrogens with one attached hydrogen (secondary N) is 3. The molecule has 0 radical (unpaired) electrons. The molecule has 4 N–H and O–H groups in total. The van der Waals surface area contributed by atoms with E-state index in [1.807, 2.05) is 18.3 Å². The molecule has 0 saturated heterocycles. The van der Waals surface area contributed by atoms with Crippen molar-refractivity contribution in [2.75, 3.05) is 25.1 Å². The van der Waals surface area contributed by atoms with E-state index in [1.54, 1.807) is 6.07 Å². The lowest BCUT2D eigenvalue weighted by Crippen LogP contribution is -2.22. The van der Waals surface area contributed by atoms with Crippen LogP contribution in [0.1, 0.15) is 18.9 Å². The van der Waals surface area contributed by atoms with Crippen molar-refractivity contribution in [3.05, 3.63) is 30.0 Å². The third-order valence-electron chi connectivity index (χ3n) is 3.32. The molecule has 0 atom stereocenters. The zero-order chi connectivity index (χ0) is 16.7. The minimum Gasteiger partial charge on any atom is -0.449 e. The fraction of sp³-hybridized carbons (Fsp3) is 0.375. The fourth-order valence-corrected chi connectivity index (χ4v) is 2.22. The Morgan fingerprint density at radius 3 is 2.91 bits per heavy atom. The fourth-order valence-electron chi connectivity index (χ4n) is 2.22. The van der Waals surface area contributed by atoms with Gasteiger partial charge >= 0.3 is 6.09 Å². The number of aliphatic hydroxyl groups is 1. The van der Waals surface area contributed by atoms with E-state index in [9.17, 15) is 9.59 Å². The van der Waals surface area contributed by atoms with E-state index in [0.717, 1.165) is 16.5 Å². The van der Waals surface area contributed by atoms with Crippen molar-refractivity contribution in [1.82, 2.24) is 10.3 Å². The Hall–Kier alpha value is -2.54. The first-order valence-corrected chi connectivity index (χ1v) is 7.49. The van der Waals surface area contributed by atoms with Crippen LogP contribution in [0.3, 0.4) is 0 Å². The number of anilines is 1. The van der Waals surface area contributed by atoms with Gasteiger partial charge in [0.15, 0.2) is 0 Å². The maximum atomic E-state index is 11.6. The maximum Gasteiger partial charge on any atom is 0.411 e. The number of aliphatic hydroxyl groups excluding tert-OH is 1. The molecule has 1 aromatic carbocycles. The number of aromatic amines is 1. The van der Waals surface area contributed by atoms with Gasteiger partial charge in [-0.15, -0.1) is 0 Å². The Morgan fingerprint density at radius 2 is 2.17 bits per heavy atom. The molecule has 2 amide bonds. The molecular weight excluding hydrogens is 298 g/mol. The number of fused-ring (bicyclic) bond motifs is 1. The highest BCUT2D eigenvalue weighted by Gasteiger charge is 2.08. The smallest absolute Gasteiger partial charge is 0.411 e. The van der Waals surface area contributed by atoms with Crippen molar-refractivity contribution in [3.63, 3.8) is 0 Å². The molecule has 7 nitrogen and oxygen atoms in total. The first-order valence-electron chi connectivity index (χ1n) is 7.49. The number of hydrogen-bond acceptors (Lipinski definition) is 4. The molecule has 2 rings (SSSR count). The topological polar surface area (TPSA) is 103 Å². The lowest BCUT2D eigenvalue weighted by molar-refractivity contribution is -0.118. The Kier molecular flexibility index (Phi) is 5.99. The van der Waals surface area contributed by atoms with Crippen molar-refractivity contribution >= 4 is 28.6 Å². The summed E-state index contributed by atoms with van der Waals surface area (Å²) in [6, 6.07) is 5.52. The van der Waals surface area contributed by atoms with Crippen LogP contribution in [0.15, 0.2) is 24.4 Å². The van der Waals surface area contributed by atoms with Crippen molar-refractivity contribution in [2.24, 2.45) is 0 Å². The quantitative estimate of drug-likeness (QED) is 0.584. The first-order chi connectivity index (χ1) is 11.1. The molecule has 23 heavy (non-hydrogen) atoms. The summed E-state index contributed by atoms with van der Waals surface area (Å²) in [6.07, 6.45) is 2.46. The normalized spacial score (nSPS) is 10.5. The number of benzene rings is 1. The van der Waals surface area contributed by atoms with Gasteiger partial charge in [-0.2, -0.15) is 0 Å². The van der Waals surface area contributed by atoms with Gasteiger partial charge in [-0.05, 0) is 30.2 Å². The molecule has 7 heteroatoms. The van der Waals surface area contributed by atoms with Crippen LogP contribution in [-0.2, 0) is 16.0 Å². The lowest BCUT2D eigenvalue weighted by atomic mass is 10.1. The second kappa shape index (κ2) is 8.19. The van der Waals surface area contributed by atoms with E-state index in [0.29, 0.717) is 25.1 Å². The third-order valence-corrected chi connectivity index (χ3v) is 3.32. The number of carbonyl (C=O) groups excluding carboxylic acids is 2. The molecule has 1 heterocycles. The summed E-state index contributed by atoms with van der Waals surface area (Å²) in [5, 5.41) is 15.1. The van der Waals surface area contributed by atoms with E-state index < -0.39 is 6.09 Å². The summed E-state index contributed by atoms with van der Waals surface area (Å²) in [7, 11) is 0. The highest BCUT2D eigenvalue weighted by Crippen LogP contribution is 2.22. The van der Waals surface area contributed by atoms with Gasteiger partial charge < -0.3 is 20.1 Å². The van der Waals surface area contributed by atoms with E-state index in [-0.39, 0.29) is 19.1 Å². The summed E-state index contributed by atoms with van der Waals surface area (Å²) in [6.45, 7) is 2.21. The Labute approximate surface area is 134 Å². The maximum absolute atomic E-state index is 11.6. The molecule has 0 fully saturated rings. The second-order valence-corrected chi connectivity index (χ2v) is 5.15. The van der Waals surface area contributed by atoms with Crippen LogP contribution in [0.5, 0.6) is 0 Å². The SMILES string of the molecule is CC(=O)NCCc1c[nH]c2ccc(NC(=O)OCCCO)cc12. The standard InChI is InChI=1S/C16H21N3O4/c1-11(21)17-6-5-12-10-18-15-4-3-13(9-14(12)15)19-16(22)23-8-2-7-20/h3-4,9-10,18,20H,2,5-8H2,1H3,(H,17,21)(H,19,22). The van der Waals surface area contributed by atoms with E-state index >= 15 is 0 Å². The van der Waals surface area contributed by atoms with Crippen molar-refractivity contribution in [2.45, 2.75) is 19.8 Å². The van der Waals surface area contributed by atoms with E-state index in [1.165, 1.54) is 6.92 Å². The van der Waals surface area contributed by atoms with Gasteiger partial charge in [0.05, 0.1) is 6.61 Å². The molecule has 0 bridgehead atoms. The van der Waals surface area contributed by atoms with Gasteiger partial charge in [-0.1, -0.05) is 0 Å². The van der Waals surface area contributed by atoms with Crippen LogP contribution in [0.25, 0.3) is 10.9 Å². The molecule has 0 aliphatic carbocycles. The number of rotatable bonds is 7. The molecule has 124 valence electrons. The molecule has 0 aliphatic rings. The monoisotopic (exact) mass is 319 g/mol. The number of ether oxygens (including phenoxy) is 1. The number of amides is 2. The van der Waals surface area contributed by atoms with Gasteiger partial charge in [0.1, 0.15) is 0 Å². The van der Waals surface area contributed by atoms with Gasteiger partial charge in [0, 0.05) is 49.3 Å². The molecule has 0 aliphatic heterocycles. The number of carbonyl (C=O) groups is 2. The van der Waals surface area contributed by atoms with Crippen molar-refractivity contribution < 1.29 is 19.4 Å². The summed E-state index contributed by atoms with van der Waals surface area (Å²) in [5.74, 6) is -0.0576. The minimum atomic E-state index is -0.548. The number of aromatic nitrogens is 1. The van der Waals surface area contributed by atoms with Crippen LogP contribution in [-0.4, -0.2) is 41.8 Å². The largest absolute Gasteiger partial charge is 0.449 e. The summed E-state index contributed by atoms with van der Waals surface area (Å²) in [4.78, 5) is 25.7. The van der Waals surface area contributed by atoms with Crippen LogP contribution in [0.2, 0.25) is 0 Å². The van der Waals surface area contributed by atoms with Crippen molar-refractivity contribution in [3.8, 4) is 0 Å². The van der Waals surface area contributed by atoms with Gasteiger partial charge in [-0.25, -0.2) is 4.79 Å². The average molecular weight is 319 g/mol. The van der Waals surface area contributed by atoms with Crippen LogP contribution in [0, 0.1) is 0 Å². The predicted molar refractivity (Wildman–Crippen MR) is 87.4 cm³/mol. The molecule has 2 aromatic rings. The average Bonchev–Trinajstić information content (AvgIpc) is 2.90. The number of hydrogen-bond donors (Lipinski definition) is 4. The van der Waals surface area contributed by atoms with Gasteiger partial charge in [0.25, 0.3) is 0 Å².